The minimum atomic E-state index is -0.666. The number of nitrogens with zero attached hydrogens (tertiary/aromatic N) is 4. The van der Waals surface area contributed by atoms with Gasteiger partial charge in [0.1, 0.15) is 17.5 Å². The summed E-state index contributed by atoms with van der Waals surface area (Å²) in [6.45, 7) is 7.96. The monoisotopic (exact) mass is 562 g/mol. The van der Waals surface area contributed by atoms with E-state index in [-0.39, 0.29) is 35.9 Å². The van der Waals surface area contributed by atoms with Crippen LogP contribution in [0, 0.1) is 18.7 Å². The Kier molecular flexibility index (Phi) is 8.68. The Hall–Kier alpha value is -3.79. The molecule has 2 aliphatic heterocycles. The first-order valence-corrected chi connectivity index (χ1v) is 14.5. The summed E-state index contributed by atoms with van der Waals surface area (Å²) in [7, 11) is 0. The first-order valence-electron chi connectivity index (χ1n) is 14.5. The normalized spacial score (nSPS) is 21.6. The van der Waals surface area contributed by atoms with E-state index in [1.807, 2.05) is 54.6 Å². The maximum Gasteiger partial charge on any atom is 0.257 e. The maximum atomic E-state index is 14.8. The van der Waals surface area contributed by atoms with Crippen LogP contribution in [0.5, 0.6) is 0 Å². The molecule has 2 atom stereocenters. The second kappa shape index (κ2) is 12.4. The summed E-state index contributed by atoms with van der Waals surface area (Å²) >= 11 is 0. The molecule has 1 saturated heterocycles. The Morgan fingerprint density at radius 2 is 1.93 bits per heavy atom. The molecule has 2 aromatic heterocycles. The largest absolute Gasteiger partial charge is 0.355 e. The van der Waals surface area contributed by atoms with Crippen molar-refractivity contribution < 1.29 is 18.8 Å². The van der Waals surface area contributed by atoms with Crippen molar-refractivity contribution in [2.45, 2.75) is 65.1 Å². The quantitative estimate of drug-likeness (QED) is 0.511. The van der Waals surface area contributed by atoms with Gasteiger partial charge in [-0.2, -0.15) is 0 Å². The van der Waals surface area contributed by atoms with E-state index in [1.54, 1.807) is 12.1 Å². The Bertz CT molecular complexity index is 1440. The minimum absolute atomic E-state index is 0.00946. The molecule has 3 aromatic rings. The molecule has 4 heterocycles. The fourth-order valence-corrected chi connectivity index (χ4v) is 5.73. The number of carbonyl (C=O) groups excluding carboxylic acids is 3. The summed E-state index contributed by atoms with van der Waals surface area (Å²) in [6, 6.07) is 7.61. The topological polar surface area (TPSA) is 99.1 Å². The number of halogens is 1. The van der Waals surface area contributed by atoms with Crippen molar-refractivity contribution in [2.24, 2.45) is 5.92 Å². The Labute approximate surface area is 240 Å². The highest BCUT2D eigenvalue weighted by molar-refractivity contribution is 5.98. The number of carbonyl (C=O) groups is 3. The molecule has 41 heavy (non-hydrogen) atoms. The third-order valence-electron chi connectivity index (χ3n) is 8.03. The number of rotatable bonds is 3. The summed E-state index contributed by atoms with van der Waals surface area (Å²) in [4.78, 5) is 48.3. The number of aryl methyl sites for hydroxylation is 2. The molecule has 0 aliphatic carbocycles. The summed E-state index contributed by atoms with van der Waals surface area (Å²) in [5.41, 5.74) is 3.59. The van der Waals surface area contributed by atoms with Gasteiger partial charge in [-0.05, 0) is 67.9 Å². The van der Waals surface area contributed by atoms with Crippen LogP contribution < -0.4 is 10.6 Å². The lowest BCUT2D eigenvalue weighted by molar-refractivity contribution is -0.126. The second-order valence-electron chi connectivity index (χ2n) is 11.7. The van der Waals surface area contributed by atoms with Crippen LogP contribution in [0.1, 0.15) is 60.3 Å². The van der Waals surface area contributed by atoms with Gasteiger partial charge in [-0.25, -0.2) is 9.37 Å². The van der Waals surface area contributed by atoms with Crippen molar-refractivity contribution in [3.05, 3.63) is 70.9 Å². The molecule has 218 valence electrons. The standard InChI is InChI=1S/C31H39FN6O3/c1-20(2)26-18-36(16-23-17-37-15-21(3)8-11-28(37)34-23)19-29(39)33-12-4-6-22-9-10-25(32)24(14-22)31(41)38-13-5-7-27(38)30(40)35-26/h8-11,14-15,17,20,26-27H,4-7,12-13,16,18-19H2,1-3H3,(H,33,39)(H,35,40)/t26-,27-/m0/s1. The third kappa shape index (κ3) is 6.75. The van der Waals surface area contributed by atoms with Gasteiger partial charge in [0.15, 0.2) is 0 Å². The van der Waals surface area contributed by atoms with Gasteiger partial charge in [0.05, 0.1) is 17.8 Å². The van der Waals surface area contributed by atoms with E-state index in [9.17, 15) is 18.8 Å². The molecule has 10 heteroatoms. The molecule has 2 N–H and O–H groups in total. The van der Waals surface area contributed by atoms with Crippen LogP contribution in [0.3, 0.4) is 0 Å². The maximum absolute atomic E-state index is 14.8. The van der Waals surface area contributed by atoms with E-state index in [1.165, 1.54) is 11.0 Å². The zero-order valence-electron chi connectivity index (χ0n) is 24.0. The number of hydrogen-bond acceptors (Lipinski definition) is 5. The van der Waals surface area contributed by atoms with Gasteiger partial charge < -0.3 is 19.9 Å². The van der Waals surface area contributed by atoms with Crippen LogP contribution >= 0.6 is 0 Å². The SMILES string of the molecule is Cc1ccc2nc(CN3CC(=O)NCCCc4ccc(F)c(c4)C(=O)N4CCC[C@H]4C(=O)N[C@H](C(C)C)C3)cn2c1. The molecule has 1 aromatic carbocycles. The number of imidazole rings is 1. The summed E-state index contributed by atoms with van der Waals surface area (Å²) in [6.07, 6.45) is 6.43. The minimum Gasteiger partial charge on any atom is -0.355 e. The van der Waals surface area contributed by atoms with Crippen molar-refractivity contribution in [3.8, 4) is 0 Å². The number of aromatic nitrogens is 2. The van der Waals surface area contributed by atoms with Gasteiger partial charge in [-0.1, -0.05) is 26.0 Å². The Morgan fingerprint density at radius 3 is 2.73 bits per heavy atom. The van der Waals surface area contributed by atoms with Crippen LogP contribution in [0.25, 0.3) is 5.65 Å². The number of hydrogen-bond donors (Lipinski definition) is 2. The van der Waals surface area contributed by atoms with Gasteiger partial charge in [-0.15, -0.1) is 0 Å². The third-order valence-corrected chi connectivity index (χ3v) is 8.03. The number of fused-ring (bicyclic) bond motifs is 4. The van der Waals surface area contributed by atoms with Gasteiger partial charge in [0.25, 0.3) is 5.91 Å². The van der Waals surface area contributed by atoms with Gasteiger partial charge in [0.2, 0.25) is 11.8 Å². The van der Waals surface area contributed by atoms with E-state index < -0.39 is 17.8 Å². The lowest BCUT2D eigenvalue weighted by atomic mass is 10.0. The van der Waals surface area contributed by atoms with E-state index in [0.717, 1.165) is 22.5 Å². The molecule has 0 spiro atoms. The average Bonchev–Trinajstić information content (AvgIpc) is 3.57. The molecular formula is C31H39FN6O3. The van der Waals surface area contributed by atoms with Gasteiger partial charge >= 0.3 is 0 Å². The van der Waals surface area contributed by atoms with Crippen molar-refractivity contribution >= 4 is 23.4 Å². The van der Waals surface area contributed by atoms with Crippen molar-refractivity contribution in [3.63, 3.8) is 0 Å². The molecule has 0 radical (unpaired) electrons. The molecule has 3 amide bonds. The Morgan fingerprint density at radius 1 is 1.10 bits per heavy atom. The van der Waals surface area contributed by atoms with Gasteiger partial charge in [-0.3, -0.25) is 19.3 Å². The first kappa shape index (κ1) is 28.7. The van der Waals surface area contributed by atoms with Crippen LogP contribution in [0.4, 0.5) is 4.39 Å². The predicted molar refractivity (Wildman–Crippen MR) is 154 cm³/mol. The highest BCUT2D eigenvalue weighted by atomic mass is 19.1. The molecule has 0 unspecified atom stereocenters. The van der Waals surface area contributed by atoms with Crippen LogP contribution in [0.2, 0.25) is 0 Å². The first-order chi connectivity index (χ1) is 19.7. The Balaban J connectivity index is 1.42. The van der Waals surface area contributed by atoms with E-state index in [2.05, 4.69) is 10.6 Å². The number of nitrogens with one attached hydrogen (secondary N) is 2. The molecule has 9 nitrogen and oxygen atoms in total. The van der Waals surface area contributed by atoms with Gasteiger partial charge in [0, 0.05) is 44.6 Å². The van der Waals surface area contributed by atoms with Crippen molar-refractivity contribution in [1.29, 1.82) is 0 Å². The molecule has 1 fully saturated rings. The van der Waals surface area contributed by atoms with Crippen LogP contribution in [0.15, 0.2) is 42.7 Å². The molecule has 2 bridgehead atoms. The summed E-state index contributed by atoms with van der Waals surface area (Å²) < 4.78 is 16.7. The van der Waals surface area contributed by atoms with Crippen LogP contribution in [-0.4, -0.2) is 75.2 Å². The fourth-order valence-electron chi connectivity index (χ4n) is 5.73. The molecule has 2 aliphatic rings. The average molecular weight is 563 g/mol. The van der Waals surface area contributed by atoms with E-state index >= 15 is 0 Å². The lowest BCUT2D eigenvalue weighted by Gasteiger charge is -2.32. The molecule has 5 rings (SSSR count). The van der Waals surface area contributed by atoms with Crippen molar-refractivity contribution in [1.82, 2.24) is 29.8 Å². The second-order valence-corrected chi connectivity index (χ2v) is 11.7. The van der Waals surface area contributed by atoms with Crippen molar-refractivity contribution in [2.75, 3.05) is 26.2 Å². The zero-order valence-corrected chi connectivity index (χ0v) is 24.0. The number of benzene rings is 1. The highest BCUT2D eigenvalue weighted by Gasteiger charge is 2.37. The summed E-state index contributed by atoms with van der Waals surface area (Å²) in [5, 5.41) is 6.16. The lowest BCUT2D eigenvalue weighted by Crippen LogP contribution is -2.53. The van der Waals surface area contributed by atoms with Crippen LogP contribution in [-0.2, 0) is 22.6 Å². The molecule has 0 saturated carbocycles. The predicted octanol–water partition coefficient (Wildman–Crippen LogP) is 3.09. The van der Waals surface area contributed by atoms with E-state index in [0.29, 0.717) is 51.9 Å². The fraction of sp³-hybridized carbons (Fsp3) is 0.484. The highest BCUT2D eigenvalue weighted by Crippen LogP contribution is 2.23. The summed E-state index contributed by atoms with van der Waals surface area (Å²) in [5.74, 6) is -1.34. The number of amides is 3. The number of pyridine rings is 1. The molecular weight excluding hydrogens is 523 g/mol. The zero-order chi connectivity index (χ0) is 29.1. The smallest absolute Gasteiger partial charge is 0.257 e. The van der Waals surface area contributed by atoms with E-state index in [4.69, 9.17) is 4.98 Å².